The molecule has 10 heteroatoms. The standard InChI is InChI=1S/C12H4BrClF6O2/c13-5-1-2-8-6(3-5)7(21)4-9(22-8)10(15,16)11(17,18)12(14,19)20/h1-4H. The van der Waals surface area contributed by atoms with E-state index >= 15 is 0 Å². The van der Waals surface area contributed by atoms with E-state index in [1.165, 1.54) is 12.1 Å². The molecule has 1 aromatic heterocycles. The Bertz CT molecular complexity index is 783. The Morgan fingerprint density at radius 2 is 1.64 bits per heavy atom. The summed E-state index contributed by atoms with van der Waals surface area (Å²) in [6, 6.07) is 3.58. The summed E-state index contributed by atoms with van der Waals surface area (Å²) in [7, 11) is 0. The van der Waals surface area contributed by atoms with Crippen molar-refractivity contribution in [3.63, 3.8) is 0 Å². The number of rotatable bonds is 3. The summed E-state index contributed by atoms with van der Waals surface area (Å²) in [6.45, 7) is 0. The highest BCUT2D eigenvalue weighted by atomic mass is 79.9. The number of benzene rings is 1. The van der Waals surface area contributed by atoms with Crippen molar-refractivity contribution in [3.8, 4) is 0 Å². The third-order valence-electron chi connectivity index (χ3n) is 2.75. The lowest BCUT2D eigenvalue weighted by Crippen LogP contribution is -2.49. The van der Waals surface area contributed by atoms with Gasteiger partial charge in [0.2, 0.25) is 0 Å². The molecule has 1 heterocycles. The van der Waals surface area contributed by atoms with Gasteiger partial charge in [-0.3, -0.25) is 4.79 Å². The predicted molar refractivity (Wildman–Crippen MR) is 69.8 cm³/mol. The van der Waals surface area contributed by atoms with Crippen LogP contribution in [0.25, 0.3) is 11.0 Å². The molecule has 0 spiro atoms. The average molecular weight is 410 g/mol. The van der Waals surface area contributed by atoms with E-state index in [9.17, 15) is 31.1 Å². The quantitative estimate of drug-likeness (QED) is 0.521. The van der Waals surface area contributed by atoms with Crippen molar-refractivity contribution in [1.29, 1.82) is 0 Å². The third-order valence-corrected chi connectivity index (χ3v) is 3.48. The highest BCUT2D eigenvalue weighted by molar-refractivity contribution is 9.10. The maximum Gasteiger partial charge on any atom is 0.394 e. The zero-order chi connectivity index (χ0) is 16.9. The Kier molecular flexibility index (Phi) is 4.02. The fraction of sp³-hybridized carbons (Fsp3) is 0.250. The maximum absolute atomic E-state index is 13.7. The first-order valence-corrected chi connectivity index (χ1v) is 6.61. The zero-order valence-electron chi connectivity index (χ0n) is 10.1. The molecule has 120 valence electrons. The van der Waals surface area contributed by atoms with Crippen LogP contribution in [-0.2, 0) is 5.92 Å². The summed E-state index contributed by atoms with van der Waals surface area (Å²) in [5.74, 6) is -13.4. The molecular weight excluding hydrogens is 405 g/mol. The molecule has 0 amide bonds. The van der Waals surface area contributed by atoms with Gasteiger partial charge in [-0.2, -0.15) is 26.3 Å². The van der Waals surface area contributed by atoms with E-state index in [1.807, 2.05) is 0 Å². The molecule has 0 radical (unpaired) electrons. The van der Waals surface area contributed by atoms with Crippen molar-refractivity contribution in [3.05, 3.63) is 44.7 Å². The van der Waals surface area contributed by atoms with Crippen LogP contribution >= 0.6 is 27.5 Å². The summed E-state index contributed by atoms with van der Waals surface area (Å²) in [4.78, 5) is 11.7. The number of fused-ring (bicyclic) bond motifs is 1. The van der Waals surface area contributed by atoms with Gasteiger partial charge in [0.1, 0.15) is 5.58 Å². The van der Waals surface area contributed by atoms with Crippen LogP contribution in [0.2, 0.25) is 0 Å². The van der Waals surface area contributed by atoms with Gasteiger partial charge < -0.3 is 4.42 Å². The molecule has 0 fully saturated rings. The minimum absolute atomic E-state index is 0.0330. The van der Waals surface area contributed by atoms with Crippen molar-refractivity contribution < 1.29 is 30.8 Å². The fourth-order valence-corrected chi connectivity index (χ4v) is 2.10. The lowest BCUT2D eigenvalue weighted by Gasteiger charge is -2.28. The van der Waals surface area contributed by atoms with Gasteiger partial charge in [0.15, 0.2) is 11.2 Å². The predicted octanol–water partition coefficient (Wildman–Crippen LogP) is 5.11. The van der Waals surface area contributed by atoms with E-state index < -0.39 is 34.0 Å². The van der Waals surface area contributed by atoms with Crippen LogP contribution in [0.15, 0.2) is 37.9 Å². The average Bonchev–Trinajstić information content (AvgIpc) is 2.37. The molecule has 2 nitrogen and oxygen atoms in total. The molecule has 2 rings (SSSR count). The second kappa shape index (κ2) is 5.16. The Hall–Kier alpha value is -1.22. The Labute approximate surface area is 131 Å². The van der Waals surface area contributed by atoms with Gasteiger partial charge in [-0.25, -0.2) is 0 Å². The minimum Gasteiger partial charge on any atom is -0.454 e. The highest BCUT2D eigenvalue weighted by Gasteiger charge is 2.73. The van der Waals surface area contributed by atoms with Crippen LogP contribution < -0.4 is 5.43 Å². The lowest BCUT2D eigenvalue weighted by atomic mass is 10.1. The molecule has 0 saturated heterocycles. The van der Waals surface area contributed by atoms with Gasteiger partial charge in [-0.15, -0.1) is 0 Å². The highest BCUT2D eigenvalue weighted by Crippen LogP contribution is 2.52. The molecule has 2 aromatic rings. The van der Waals surface area contributed by atoms with Gasteiger partial charge in [0, 0.05) is 10.5 Å². The van der Waals surface area contributed by atoms with Gasteiger partial charge in [0.25, 0.3) is 0 Å². The number of alkyl halides is 7. The van der Waals surface area contributed by atoms with Gasteiger partial charge in [0.05, 0.1) is 5.39 Å². The fourth-order valence-electron chi connectivity index (χ4n) is 1.62. The topological polar surface area (TPSA) is 30.2 Å². The van der Waals surface area contributed by atoms with E-state index in [1.54, 1.807) is 0 Å². The Morgan fingerprint density at radius 3 is 2.18 bits per heavy atom. The number of hydrogen-bond donors (Lipinski definition) is 0. The van der Waals surface area contributed by atoms with Crippen molar-refractivity contribution >= 4 is 38.5 Å². The summed E-state index contributed by atoms with van der Waals surface area (Å²) >= 11 is 7.07. The largest absolute Gasteiger partial charge is 0.454 e. The van der Waals surface area contributed by atoms with Crippen LogP contribution in [0, 0.1) is 0 Å². The summed E-state index contributed by atoms with van der Waals surface area (Å²) in [6.07, 6.45) is 0. The van der Waals surface area contributed by atoms with Crippen LogP contribution in [-0.4, -0.2) is 11.3 Å². The maximum atomic E-state index is 13.7. The van der Waals surface area contributed by atoms with E-state index in [-0.39, 0.29) is 11.5 Å². The minimum atomic E-state index is -5.96. The molecule has 0 saturated carbocycles. The van der Waals surface area contributed by atoms with Gasteiger partial charge in [-0.1, -0.05) is 15.9 Å². The van der Waals surface area contributed by atoms with Gasteiger partial charge >= 0.3 is 17.2 Å². The molecule has 0 N–H and O–H groups in total. The molecule has 0 aliphatic rings. The van der Waals surface area contributed by atoms with Crippen LogP contribution in [0.3, 0.4) is 0 Å². The first kappa shape index (κ1) is 17.1. The van der Waals surface area contributed by atoms with Crippen molar-refractivity contribution in [2.24, 2.45) is 0 Å². The monoisotopic (exact) mass is 408 g/mol. The Morgan fingerprint density at radius 1 is 1.05 bits per heavy atom. The molecule has 0 unspecified atom stereocenters. The molecule has 0 atom stereocenters. The molecular formula is C12H4BrClF6O2. The molecule has 22 heavy (non-hydrogen) atoms. The molecule has 1 aromatic carbocycles. The van der Waals surface area contributed by atoms with E-state index in [2.05, 4.69) is 31.9 Å². The van der Waals surface area contributed by atoms with Crippen molar-refractivity contribution in [2.45, 2.75) is 17.2 Å². The molecule has 0 bridgehead atoms. The second-order valence-corrected chi connectivity index (χ2v) is 5.65. The first-order chi connectivity index (χ1) is 9.88. The normalized spacial score (nSPS) is 13.6. The SMILES string of the molecule is O=c1cc(C(F)(F)C(F)(F)C(F)(F)Cl)oc2ccc(Br)cc12. The number of halogens is 8. The Balaban J connectivity index is 2.69. The van der Waals surface area contributed by atoms with E-state index in [0.717, 1.165) is 6.07 Å². The summed E-state index contributed by atoms with van der Waals surface area (Å²) < 4.78 is 83.7. The lowest BCUT2D eigenvalue weighted by molar-refractivity contribution is -0.291. The third kappa shape index (κ3) is 2.60. The second-order valence-electron chi connectivity index (χ2n) is 4.26. The zero-order valence-corrected chi connectivity index (χ0v) is 12.5. The van der Waals surface area contributed by atoms with E-state index in [0.29, 0.717) is 4.47 Å². The van der Waals surface area contributed by atoms with Crippen molar-refractivity contribution in [2.75, 3.05) is 0 Å². The summed E-state index contributed by atoms with van der Waals surface area (Å²) in [5.41, 5.74) is -1.55. The summed E-state index contributed by atoms with van der Waals surface area (Å²) in [5, 5.41) is -5.72. The smallest absolute Gasteiger partial charge is 0.394 e. The first-order valence-electron chi connectivity index (χ1n) is 5.44. The molecule has 0 aliphatic carbocycles. The molecule has 0 aliphatic heterocycles. The van der Waals surface area contributed by atoms with Crippen LogP contribution in [0.5, 0.6) is 0 Å². The van der Waals surface area contributed by atoms with Crippen molar-refractivity contribution in [1.82, 2.24) is 0 Å². The van der Waals surface area contributed by atoms with Gasteiger partial charge in [-0.05, 0) is 29.8 Å². The van der Waals surface area contributed by atoms with E-state index in [4.69, 9.17) is 0 Å². The van der Waals surface area contributed by atoms with Crippen LogP contribution in [0.1, 0.15) is 5.76 Å². The number of hydrogen-bond acceptors (Lipinski definition) is 2. The van der Waals surface area contributed by atoms with Crippen LogP contribution in [0.4, 0.5) is 26.3 Å².